The normalized spacial score (nSPS) is 16.6. The average molecular weight is 460 g/mol. The Morgan fingerprint density at radius 1 is 1.03 bits per heavy atom. The number of ether oxygens (including phenoxy) is 2. The van der Waals surface area contributed by atoms with E-state index in [0.29, 0.717) is 19.2 Å². The van der Waals surface area contributed by atoms with Crippen LogP contribution < -0.4 is 20.3 Å². The minimum atomic E-state index is -0.519. The maximum Gasteiger partial charge on any atom is 0.235 e. The molecule has 0 atom stereocenters. The number of nitrogens with one attached hydrogen (secondary N) is 2. The van der Waals surface area contributed by atoms with Gasteiger partial charge in [0.1, 0.15) is 11.6 Å². The molecule has 8 heteroatoms. The van der Waals surface area contributed by atoms with Gasteiger partial charge in [0, 0.05) is 41.8 Å². The van der Waals surface area contributed by atoms with Gasteiger partial charge in [-0.2, -0.15) is 4.98 Å². The summed E-state index contributed by atoms with van der Waals surface area (Å²) in [4.78, 5) is 24.6. The van der Waals surface area contributed by atoms with Crippen LogP contribution in [0.3, 0.4) is 0 Å². The Morgan fingerprint density at radius 3 is 2.44 bits per heavy atom. The summed E-state index contributed by atoms with van der Waals surface area (Å²) < 4.78 is 10.9. The van der Waals surface area contributed by atoms with E-state index in [9.17, 15) is 4.79 Å². The van der Waals surface area contributed by atoms with E-state index in [1.807, 2.05) is 61.5 Å². The fourth-order valence-corrected chi connectivity index (χ4v) is 4.36. The van der Waals surface area contributed by atoms with Gasteiger partial charge in [-0.05, 0) is 50.1 Å². The van der Waals surface area contributed by atoms with Crippen LogP contribution in [0.5, 0.6) is 5.75 Å². The van der Waals surface area contributed by atoms with Crippen molar-refractivity contribution in [1.82, 2.24) is 9.97 Å². The highest BCUT2D eigenvalue weighted by molar-refractivity contribution is 6.02. The number of methoxy groups -OCH3 is 1. The maximum atomic E-state index is 13.2. The molecule has 5 rings (SSSR count). The summed E-state index contributed by atoms with van der Waals surface area (Å²) in [6, 6.07) is 17.3. The van der Waals surface area contributed by atoms with Crippen molar-refractivity contribution in [2.75, 3.05) is 48.9 Å². The van der Waals surface area contributed by atoms with Gasteiger partial charge in [-0.3, -0.25) is 4.79 Å². The van der Waals surface area contributed by atoms with Crippen LogP contribution in [0.4, 0.5) is 23.1 Å². The number of aryl methyl sites for hydroxylation is 1. The fourth-order valence-electron chi connectivity index (χ4n) is 4.36. The molecule has 2 N–H and O–H groups in total. The zero-order chi connectivity index (χ0) is 23.5. The minimum Gasteiger partial charge on any atom is -0.496 e. The molecule has 176 valence electrons. The van der Waals surface area contributed by atoms with E-state index >= 15 is 0 Å². The molecule has 0 spiro atoms. The number of hydrogen-bond donors (Lipinski definition) is 2. The van der Waals surface area contributed by atoms with Crippen LogP contribution in [0, 0.1) is 6.92 Å². The maximum absolute atomic E-state index is 13.2. The molecule has 2 heterocycles. The van der Waals surface area contributed by atoms with Crippen molar-refractivity contribution in [3.05, 3.63) is 65.9 Å². The quantitative estimate of drug-likeness (QED) is 0.551. The SMILES string of the molecule is COc1ccccc1C1(C(=O)Nc2ccc(Nc3nc(C)cc(N4CCOCC4)n3)cc2)CC1. The van der Waals surface area contributed by atoms with Crippen molar-refractivity contribution in [2.45, 2.75) is 25.2 Å². The minimum absolute atomic E-state index is 0.00474. The lowest BCUT2D eigenvalue weighted by atomic mass is 9.94. The zero-order valence-electron chi connectivity index (χ0n) is 19.5. The lowest BCUT2D eigenvalue weighted by Gasteiger charge is -2.28. The number of carbonyl (C=O) groups is 1. The molecule has 3 aromatic rings. The number of morpholine rings is 1. The molecule has 1 saturated heterocycles. The number of aromatic nitrogens is 2. The van der Waals surface area contributed by atoms with Crippen molar-refractivity contribution in [1.29, 1.82) is 0 Å². The highest BCUT2D eigenvalue weighted by Gasteiger charge is 2.52. The Labute approximate surface area is 199 Å². The van der Waals surface area contributed by atoms with E-state index in [0.717, 1.165) is 60.1 Å². The summed E-state index contributed by atoms with van der Waals surface area (Å²) in [5, 5.41) is 6.35. The number of anilines is 4. The van der Waals surface area contributed by atoms with Crippen molar-refractivity contribution in [2.24, 2.45) is 0 Å². The summed E-state index contributed by atoms with van der Waals surface area (Å²) in [6.45, 7) is 5.01. The molecule has 34 heavy (non-hydrogen) atoms. The lowest BCUT2D eigenvalue weighted by Crippen LogP contribution is -2.36. The first kappa shape index (κ1) is 22.2. The summed E-state index contributed by atoms with van der Waals surface area (Å²) in [6.07, 6.45) is 1.63. The second-order valence-electron chi connectivity index (χ2n) is 8.73. The topological polar surface area (TPSA) is 88.6 Å². The molecule has 1 aromatic heterocycles. The van der Waals surface area contributed by atoms with E-state index in [2.05, 4.69) is 25.5 Å². The Hall–Kier alpha value is -3.65. The molecule has 2 aliphatic rings. The van der Waals surface area contributed by atoms with Gasteiger partial charge in [0.2, 0.25) is 11.9 Å². The second-order valence-corrected chi connectivity index (χ2v) is 8.73. The van der Waals surface area contributed by atoms with E-state index in [1.54, 1.807) is 7.11 Å². The monoisotopic (exact) mass is 459 g/mol. The fraction of sp³-hybridized carbons (Fsp3) is 0.346. The molecule has 2 fully saturated rings. The molecule has 2 aromatic carbocycles. The van der Waals surface area contributed by atoms with Crippen LogP contribution in [-0.2, 0) is 14.9 Å². The number of amides is 1. The van der Waals surface area contributed by atoms with Crippen LogP contribution in [-0.4, -0.2) is 49.3 Å². The van der Waals surface area contributed by atoms with E-state index in [4.69, 9.17) is 9.47 Å². The summed E-state index contributed by atoms with van der Waals surface area (Å²) in [7, 11) is 1.64. The first-order chi connectivity index (χ1) is 16.6. The van der Waals surface area contributed by atoms with Crippen molar-refractivity contribution in [3.8, 4) is 5.75 Å². The van der Waals surface area contributed by atoms with Gasteiger partial charge >= 0.3 is 0 Å². The average Bonchev–Trinajstić information content (AvgIpc) is 3.68. The predicted molar refractivity (Wildman–Crippen MR) is 132 cm³/mol. The highest BCUT2D eigenvalue weighted by atomic mass is 16.5. The molecule has 1 saturated carbocycles. The third-order valence-corrected chi connectivity index (χ3v) is 6.38. The molecule has 0 radical (unpaired) electrons. The third-order valence-electron chi connectivity index (χ3n) is 6.38. The second kappa shape index (κ2) is 9.30. The zero-order valence-corrected chi connectivity index (χ0v) is 19.5. The first-order valence-corrected chi connectivity index (χ1v) is 11.6. The Morgan fingerprint density at radius 2 is 1.74 bits per heavy atom. The van der Waals surface area contributed by atoms with E-state index < -0.39 is 5.41 Å². The van der Waals surface area contributed by atoms with Crippen molar-refractivity contribution in [3.63, 3.8) is 0 Å². The predicted octanol–water partition coefficient (Wildman–Crippen LogP) is 4.04. The van der Waals surface area contributed by atoms with Crippen molar-refractivity contribution >= 4 is 29.0 Å². The molecular weight excluding hydrogens is 430 g/mol. The number of hydrogen-bond acceptors (Lipinski definition) is 7. The number of carbonyl (C=O) groups excluding carboxylic acids is 1. The smallest absolute Gasteiger partial charge is 0.235 e. The standard InChI is InChI=1S/C26H29N5O3/c1-18-17-23(31-13-15-34-16-14-31)30-25(27-18)29-20-9-7-19(8-10-20)28-24(32)26(11-12-26)21-5-3-4-6-22(21)33-2/h3-10,17H,11-16H2,1-2H3,(H,28,32)(H,27,29,30). The largest absolute Gasteiger partial charge is 0.496 e. The van der Waals surface area contributed by atoms with Crippen molar-refractivity contribution < 1.29 is 14.3 Å². The summed E-state index contributed by atoms with van der Waals surface area (Å²) in [5.41, 5.74) is 2.92. The number of benzene rings is 2. The molecule has 0 bridgehead atoms. The van der Waals surface area contributed by atoms with Crippen LogP contribution >= 0.6 is 0 Å². The van der Waals surface area contributed by atoms with Gasteiger partial charge in [0.15, 0.2) is 0 Å². The van der Waals surface area contributed by atoms with Crippen LogP contribution in [0.1, 0.15) is 24.1 Å². The summed E-state index contributed by atoms with van der Waals surface area (Å²) in [5.74, 6) is 2.19. The van der Waals surface area contributed by atoms with Gasteiger partial charge in [0.05, 0.1) is 25.7 Å². The Balaban J connectivity index is 1.27. The van der Waals surface area contributed by atoms with E-state index in [-0.39, 0.29) is 5.91 Å². The molecule has 0 unspecified atom stereocenters. The molecule has 8 nitrogen and oxygen atoms in total. The lowest BCUT2D eigenvalue weighted by molar-refractivity contribution is -0.118. The van der Waals surface area contributed by atoms with Crippen LogP contribution in [0.15, 0.2) is 54.6 Å². The molecule has 1 aliphatic heterocycles. The highest BCUT2D eigenvalue weighted by Crippen LogP contribution is 2.52. The summed E-state index contributed by atoms with van der Waals surface area (Å²) >= 11 is 0. The van der Waals surface area contributed by atoms with Gasteiger partial charge < -0.3 is 25.0 Å². The number of rotatable bonds is 7. The Bertz CT molecular complexity index is 1170. The molecule has 1 aliphatic carbocycles. The third kappa shape index (κ3) is 4.54. The van der Waals surface area contributed by atoms with Crippen LogP contribution in [0.2, 0.25) is 0 Å². The number of nitrogens with zero attached hydrogens (tertiary/aromatic N) is 3. The Kier molecular flexibility index (Phi) is 6.06. The van der Waals surface area contributed by atoms with Gasteiger partial charge in [-0.25, -0.2) is 4.98 Å². The van der Waals surface area contributed by atoms with Gasteiger partial charge in [-0.1, -0.05) is 18.2 Å². The van der Waals surface area contributed by atoms with E-state index in [1.165, 1.54) is 0 Å². The van der Waals surface area contributed by atoms with Gasteiger partial charge in [0.25, 0.3) is 0 Å². The van der Waals surface area contributed by atoms with Crippen LogP contribution in [0.25, 0.3) is 0 Å². The number of para-hydroxylation sites is 1. The first-order valence-electron chi connectivity index (χ1n) is 11.6. The van der Waals surface area contributed by atoms with Gasteiger partial charge in [-0.15, -0.1) is 0 Å². The molecule has 1 amide bonds. The molecular formula is C26H29N5O3.